The molecule has 0 saturated carbocycles. The van der Waals surface area contributed by atoms with Crippen LogP contribution in [0.1, 0.15) is 39.2 Å². The van der Waals surface area contributed by atoms with Gasteiger partial charge in [0.05, 0.1) is 12.5 Å². The number of hydrogen-bond donors (Lipinski definition) is 3. The second-order valence-electron chi connectivity index (χ2n) is 8.58. The third-order valence-electron chi connectivity index (χ3n) is 5.65. The van der Waals surface area contributed by atoms with E-state index in [2.05, 4.69) is 5.32 Å². The van der Waals surface area contributed by atoms with Crippen molar-refractivity contribution in [1.29, 1.82) is 0 Å². The number of nitrogens with zero attached hydrogens (tertiary/aromatic N) is 1. The summed E-state index contributed by atoms with van der Waals surface area (Å²) in [7, 11) is 0. The number of β-lactam (4-membered cyclic amide) rings is 1. The van der Waals surface area contributed by atoms with Crippen molar-refractivity contribution >= 4 is 35.5 Å². The first-order valence-corrected chi connectivity index (χ1v) is 11.4. The highest BCUT2D eigenvalue weighted by molar-refractivity contribution is 8.01. The van der Waals surface area contributed by atoms with Gasteiger partial charge in [0.25, 0.3) is 0 Å². The summed E-state index contributed by atoms with van der Waals surface area (Å²) in [6.07, 6.45) is 0.761. The molecule has 2 heterocycles. The minimum atomic E-state index is -1.10. The largest absolute Gasteiger partial charge is 0.494 e. The van der Waals surface area contributed by atoms with Crippen molar-refractivity contribution in [2.45, 2.75) is 62.2 Å². The van der Waals surface area contributed by atoms with Crippen LogP contribution in [0.15, 0.2) is 24.3 Å². The van der Waals surface area contributed by atoms with E-state index in [-0.39, 0.29) is 12.8 Å². The van der Waals surface area contributed by atoms with E-state index < -0.39 is 51.9 Å². The van der Waals surface area contributed by atoms with E-state index in [0.717, 1.165) is 12.0 Å². The molecule has 1 unspecified atom stereocenters. The van der Waals surface area contributed by atoms with Gasteiger partial charge >= 0.3 is 11.9 Å². The molecule has 2 saturated heterocycles. The van der Waals surface area contributed by atoms with Gasteiger partial charge in [0.1, 0.15) is 23.2 Å². The molecule has 3 N–H and O–H groups in total. The molecule has 2 aliphatic rings. The number of benzene rings is 1. The van der Waals surface area contributed by atoms with Crippen LogP contribution in [-0.2, 0) is 25.6 Å². The third-order valence-corrected chi connectivity index (χ3v) is 7.22. The van der Waals surface area contributed by atoms with Crippen molar-refractivity contribution in [2.24, 2.45) is 5.92 Å². The van der Waals surface area contributed by atoms with Crippen LogP contribution in [0.25, 0.3) is 0 Å². The number of aliphatic carboxylic acids is 2. The lowest BCUT2D eigenvalue weighted by Gasteiger charge is -2.43. The Hall–Kier alpha value is -2.75. The maximum absolute atomic E-state index is 12.5. The number of carboxylic acids is 2. The quantitative estimate of drug-likeness (QED) is 0.446. The Morgan fingerprint density at radius 2 is 1.88 bits per heavy atom. The van der Waals surface area contributed by atoms with E-state index >= 15 is 0 Å². The zero-order valence-corrected chi connectivity index (χ0v) is 19.1. The lowest BCUT2D eigenvalue weighted by Crippen LogP contribution is -2.70. The first-order valence-electron chi connectivity index (χ1n) is 10.5. The lowest BCUT2D eigenvalue weighted by molar-refractivity contribution is -0.161. The van der Waals surface area contributed by atoms with Gasteiger partial charge in [-0.1, -0.05) is 19.1 Å². The monoisotopic (exact) mass is 464 g/mol. The lowest BCUT2D eigenvalue weighted by atomic mass is 9.94. The summed E-state index contributed by atoms with van der Waals surface area (Å²) in [5.74, 6) is -3.44. The summed E-state index contributed by atoms with van der Waals surface area (Å²) in [5.41, 5.74) is 0.761. The number of thioether (sulfide) groups is 1. The Morgan fingerprint density at radius 3 is 2.44 bits per heavy atom. The molecule has 0 bridgehead atoms. The second kappa shape index (κ2) is 9.40. The van der Waals surface area contributed by atoms with E-state index in [1.807, 2.05) is 6.92 Å². The van der Waals surface area contributed by atoms with Crippen LogP contribution < -0.4 is 10.1 Å². The molecule has 10 heteroatoms. The molecule has 2 fully saturated rings. The maximum Gasteiger partial charge on any atom is 0.327 e. The number of carboxylic acid groups (broad SMARTS) is 2. The molecule has 0 spiro atoms. The normalized spacial score (nSPS) is 24.3. The Bertz CT molecular complexity index is 902. The van der Waals surface area contributed by atoms with Crippen LogP contribution in [0.4, 0.5) is 0 Å². The standard InChI is InChI=1S/C22H28N2O7S/c1-4-9-31-14-7-5-12(6-8-14)10-13(20(27)28)11-15(25)23-16-18(26)24-17(21(29)30)22(2,3)32-19(16)24/h5-8,13,16-17,19H,4,9-11H2,1-3H3,(H,23,25)(H,27,28)(H,29,30)/t13?,16-,17+,19-/m1/s1. The van der Waals surface area contributed by atoms with E-state index in [4.69, 9.17) is 4.74 Å². The predicted octanol–water partition coefficient (Wildman–Crippen LogP) is 1.74. The average Bonchev–Trinajstić information content (AvgIpc) is 2.99. The molecule has 32 heavy (non-hydrogen) atoms. The number of ether oxygens (including phenoxy) is 1. The smallest absolute Gasteiger partial charge is 0.327 e. The van der Waals surface area contributed by atoms with Gasteiger partial charge in [-0.3, -0.25) is 14.4 Å². The van der Waals surface area contributed by atoms with Crippen molar-refractivity contribution in [3.05, 3.63) is 29.8 Å². The molecular weight excluding hydrogens is 436 g/mol. The SMILES string of the molecule is CCCOc1ccc(CC(CC(=O)N[C@@H]2C(=O)N3[C@@H]2SC(C)(C)[C@@H]3C(=O)O)C(=O)O)cc1. The van der Waals surface area contributed by atoms with Gasteiger partial charge in [-0.05, 0) is 44.4 Å². The second-order valence-corrected chi connectivity index (χ2v) is 10.4. The first kappa shape index (κ1) is 23.9. The minimum absolute atomic E-state index is 0.161. The Labute approximate surface area is 190 Å². The van der Waals surface area contributed by atoms with Crippen LogP contribution in [0, 0.1) is 5.92 Å². The van der Waals surface area contributed by atoms with E-state index in [0.29, 0.717) is 12.4 Å². The first-order chi connectivity index (χ1) is 15.0. The number of hydrogen-bond acceptors (Lipinski definition) is 6. The fraction of sp³-hybridized carbons (Fsp3) is 0.545. The summed E-state index contributed by atoms with van der Waals surface area (Å²) < 4.78 is 4.82. The van der Waals surface area contributed by atoms with Crippen LogP contribution >= 0.6 is 11.8 Å². The molecule has 0 radical (unpaired) electrons. The van der Waals surface area contributed by atoms with Crippen LogP contribution in [-0.4, -0.2) is 67.7 Å². The number of rotatable bonds is 10. The van der Waals surface area contributed by atoms with E-state index in [9.17, 15) is 29.4 Å². The highest BCUT2D eigenvalue weighted by atomic mass is 32.2. The van der Waals surface area contributed by atoms with Crippen molar-refractivity contribution in [1.82, 2.24) is 10.2 Å². The summed E-state index contributed by atoms with van der Waals surface area (Å²) in [6, 6.07) is 5.27. The topological polar surface area (TPSA) is 133 Å². The highest BCUT2D eigenvalue weighted by Crippen LogP contribution is 2.50. The molecule has 1 aromatic rings. The molecule has 1 aromatic carbocycles. The zero-order valence-electron chi connectivity index (χ0n) is 18.2. The van der Waals surface area contributed by atoms with Crippen molar-refractivity contribution in [2.75, 3.05) is 6.61 Å². The molecule has 3 rings (SSSR count). The number of fused-ring (bicyclic) bond motifs is 1. The Balaban J connectivity index is 1.59. The zero-order chi connectivity index (χ0) is 23.6. The number of carbonyl (C=O) groups is 4. The summed E-state index contributed by atoms with van der Waals surface area (Å²) in [4.78, 5) is 49.6. The van der Waals surface area contributed by atoms with Crippen LogP contribution in [0.2, 0.25) is 0 Å². The number of amides is 2. The molecular formula is C22H28N2O7S. The van der Waals surface area contributed by atoms with Gasteiger partial charge in [0, 0.05) is 11.2 Å². The summed E-state index contributed by atoms with van der Waals surface area (Å²) in [6.45, 7) is 6.10. The van der Waals surface area contributed by atoms with Crippen LogP contribution in [0.3, 0.4) is 0 Å². The molecule has 4 atom stereocenters. The van der Waals surface area contributed by atoms with Gasteiger partial charge in [0.15, 0.2) is 0 Å². The van der Waals surface area contributed by atoms with Crippen molar-refractivity contribution < 1.29 is 34.1 Å². The van der Waals surface area contributed by atoms with Gasteiger partial charge < -0.3 is 25.2 Å². The molecule has 2 aliphatic heterocycles. The molecule has 0 aromatic heterocycles. The van der Waals surface area contributed by atoms with Crippen molar-refractivity contribution in [3.63, 3.8) is 0 Å². The highest BCUT2D eigenvalue weighted by Gasteiger charge is 2.64. The summed E-state index contributed by atoms with van der Waals surface area (Å²) in [5, 5.41) is 21.2. The number of nitrogens with one attached hydrogen (secondary N) is 1. The third kappa shape index (κ3) is 4.85. The molecule has 0 aliphatic carbocycles. The van der Waals surface area contributed by atoms with E-state index in [1.54, 1.807) is 38.1 Å². The van der Waals surface area contributed by atoms with Gasteiger partial charge in [-0.15, -0.1) is 11.8 Å². The van der Waals surface area contributed by atoms with Gasteiger partial charge in [0.2, 0.25) is 11.8 Å². The van der Waals surface area contributed by atoms with Crippen LogP contribution in [0.5, 0.6) is 5.75 Å². The summed E-state index contributed by atoms with van der Waals surface area (Å²) >= 11 is 1.32. The molecule has 9 nitrogen and oxygen atoms in total. The average molecular weight is 465 g/mol. The number of carbonyl (C=O) groups excluding carboxylic acids is 2. The fourth-order valence-electron chi connectivity index (χ4n) is 4.07. The Morgan fingerprint density at radius 1 is 1.22 bits per heavy atom. The molecule has 2 amide bonds. The maximum atomic E-state index is 12.5. The Kier molecular flexibility index (Phi) is 7.02. The van der Waals surface area contributed by atoms with Crippen molar-refractivity contribution in [3.8, 4) is 5.75 Å². The molecule has 174 valence electrons. The van der Waals surface area contributed by atoms with Gasteiger partial charge in [-0.2, -0.15) is 0 Å². The van der Waals surface area contributed by atoms with E-state index in [1.165, 1.54) is 16.7 Å². The fourth-order valence-corrected chi connectivity index (χ4v) is 5.70. The van der Waals surface area contributed by atoms with Gasteiger partial charge in [-0.25, -0.2) is 4.79 Å². The predicted molar refractivity (Wildman–Crippen MR) is 117 cm³/mol. The minimum Gasteiger partial charge on any atom is -0.494 e.